The summed E-state index contributed by atoms with van der Waals surface area (Å²) in [6.45, 7) is 6.52. The van der Waals surface area contributed by atoms with Crippen molar-refractivity contribution in [1.29, 1.82) is 0 Å². The Hall–Kier alpha value is -0.670. The Kier molecular flexibility index (Phi) is 4.51. The van der Waals surface area contributed by atoms with Crippen molar-refractivity contribution in [2.75, 3.05) is 0 Å². The van der Waals surface area contributed by atoms with Crippen LogP contribution in [0, 0.1) is 19.8 Å². The highest BCUT2D eigenvalue weighted by Crippen LogP contribution is 2.39. The summed E-state index contributed by atoms with van der Waals surface area (Å²) in [4.78, 5) is 11.8. The van der Waals surface area contributed by atoms with Crippen molar-refractivity contribution in [2.24, 2.45) is 5.92 Å². The highest BCUT2D eigenvalue weighted by atomic mass is 35.5. The van der Waals surface area contributed by atoms with E-state index in [2.05, 4.69) is 25.8 Å². The van der Waals surface area contributed by atoms with Gasteiger partial charge in [-0.1, -0.05) is 31.4 Å². The van der Waals surface area contributed by atoms with Crippen LogP contribution in [0.4, 0.5) is 0 Å². The van der Waals surface area contributed by atoms with Gasteiger partial charge in [-0.3, -0.25) is 0 Å². The fourth-order valence-electron chi connectivity index (χ4n) is 3.52. The second-order valence-electron chi connectivity index (χ2n) is 6.34. The molecule has 114 valence electrons. The highest BCUT2D eigenvalue weighted by Gasteiger charge is 2.25. The molecule has 0 saturated heterocycles. The molecule has 1 aliphatic carbocycles. The number of thiophene rings is 1. The molecule has 0 aromatic carbocycles. The molecule has 0 spiro atoms. The molecule has 0 radical (unpaired) electrons. The van der Waals surface area contributed by atoms with Crippen molar-refractivity contribution >= 4 is 33.2 Å². The van der Waals surface area contributed by atoms with E-state index in [4.69, 9.17) is 16.6 Å². The van der Waals surface area contributed by atoms with E-state index in [-0.39, 0.29) is 0 Å². The van der Waals surface area contributed by atoms with Crippen molar-refractivity contribution in [3.63, 3.8) is 0 Å². The molecule has 1 saturated carbocycles. The van der Waals surface area contributed by atoms with E-state index >= 15 is 0 Å². The van der Waals surface area contributed by atoms with Gasteiger partial charge in [0, 0.05) is 10.8 Å². The van der Waals surface area contributed by atoms with E-state index < -0.39 is 0 Å². The quantitative estimate of drug-likeness (QED) is 0.644. The SMILES string of the molecule is CCCC1CCC(c2nc(Cl)c3c(C)c(C)sc3n2)CC1. The van der Waals surface area contributed by atoms with Crippen molar-refractivity contribution in [3.05, 3.63) is 21.4 Å². The smallest absolute Gasteiger partial charge is 0.141 e. The summed E-state index contributed by atoms with van der Waals surface area (Å²) in [5, 5.41) is 1.70. The molecule has 4 heteroatoms. The van der Waals surface area contributed by atoms with Gasteiger partial charge in [0.25, 0.3) is 0 Å². The van der Waals surface area contributed by atoms with Gasteiger partial charge >= 0.3 is 0 Å². The van der Waals surface area contributed by atoms with Crippen LogP contribution in [0.15, 0.2) is 0 Å². The third-order valence-corrected chi connectivity index (χ3v) is 6.29. The normalized spacial score (nSPS) is 22.9. The molecule has 21 heavy (non-hydrogen) atoms. The number of fused-ring (bicyclic) bond motifs is 1. The Balaban J connectivity index is 1.85. The molecule has 2 aromatic heterocycles. The van der Waals surface area contributed by atoms with E-state index in [1.165, 1.54) is 49.0 Å². The Labute approximate surface area is 136 Å². The number of halogens is 1. The number of nitrogens with zero attached hydrogens (tertiary/aromatic N) is 2. The molecule has 0 aliphatic heterocycles. The fraction of sp³-hybridized carbons (Fsp3) is 0.647. The lowest BCUT2D eigenvalue weighted by molar-refractivity contribution is 0.302. The standard InChI is InChI=1S/C17H23ClN2S/c1-4-5-12-6-8-13(9-7-12)16-19-15(18)14-10(2)11(3)21-17(14)20-16/h12-13H,4-9H2,1-3H3. The first-order valence-electron chi connectivity index (χ1n) is 8.03. The Morgan fingerprint density at radius 2 is 1.86 bits per heavy atom. The summed E-state index contributed by atoms with van der Waals surface area (Å²) in [6, 6.07) is 0. The van der Waals surface area contributed by atoms with Gasteiger partial charge in [-0.15, -0.1) is 11.3 Å². The van der Waals surface area contributed by atoms with E-state index in [9.17, 15) is 0 Å². The van der Waals surface area contributed by atoms with Crippen LogP contribution < -0.4 is 0 Å². The summed E-state index contributed by atoms with van der Waals surface area (Å²) < 4.78 is 0. The van der Waals surface area contributed by atoms with Crippen LogP contribution in [0.2, 0.25) is 5.15 Å². The zero-order valence-electron chi connectivity index (χ0n) is 13.1. The van der Waals surface area contributed by atoms with Gasteiger partial charge in [-0.25, -0.2) is 9.97 Å². The minimum Gasteiger partial charge on any atom is -0.222 e. The van der Waals surface area contributed by atoms with Crippen LogP contribution in [0.1, 0.15) is 67.6 Å². The van der Waals surface area contributed by atoms with Crippen LogP contribution in [0.3, 0.4) is 0 Å². The van der Waals surface area contributed by atoms with E-state index in [0.717, 1.165) is 22.0 Å². The van der Waals surface area contributed by atoms with Gasteiger partial charge < -0.3 is 0 Å². The average Bonchev–Trinajstić information content (AvgIpc) is 2.75. The Morgan fingerprint density at radius 3 is 2.52 bits per heavy atom. The zero-order valence-corrected chi connectivity index (χ0v) is 14.7. The molecule has 2 heterocycles. The Bertz CT molecular complexity index is 642. The summed E-state index contributed by atoms with van der Waals surface area (Å²) in [5.41, 5.74) is 1.23. The molecule has 0 atom stereocenters. The molecule has 2 aromatic rings. The summed E-state index contributed by atoms with van der Waals surface area (Å²) >= 11 is 8.18. The third-order valence-electron chi connectivity index (χ3n) is 4.91. The van der Waals surface area contributed by atoms with Crippen LogP contribution >= 0.6 is 22.9 Å². The van der Waals surface area contributed by atoms with Crippen molar-refractivity contribution in [1.82, 2.24) is 9.97 Å². The minimum absolute atomic E-state index is 0.503. The fourth-order valence-corrected chi connectivity index (χ4v) is 4.93. The average molecular weight is 323 g/mol. The largest absolute Gasteiger partial charge is 0.222 e. The number of hydrogen-bond acceptors (Lipinski definition) is 3. The molecule has 0 N–H and O–H groups in total. The van der Waals surface area contributed by atoms with Crippen LogP contribution in [-0.4, -0.2) is 9.97 Å². The molecule has 1 aliphatic rings. The van der Waals surface area contributed by atoms with Gasteiger partial charge in [0.2, 0.25) is 0 Å². The van der Waals surface area contributed by atoms with Gasteiger partial charge in [0.05, 0.1) is 5.39 Å². The van der Waals surface area contributed by atoms with Gasteiger partial charge in [0.15, 0.2) is 0 Å². The second kappa shape index (κ2) is 6.21. The molecule has 0 unspecified atom stereocenters. The number of aryl methyl sites for hydroxylation is 2. The van der Waals surface area contributed by atoms with Crippen molar-refractivity contribution in [3.8, 4) is 0 Å². The lowest BCUT2D eigenvalue weighted by Crippen LogP contribution is -2.15. The van der Waals surface area contributed by atoms with E-state index in [0.29, 0.717) is 11.1 Å². The monoisotopic (exact) mass is 322 g/mol. The van der Waals surface area contributed by atoms with Crippen molar-refractivity contribution < 1.29 is 0 Å². The van der Waals surface area contributed by atoms with E-state index in [1.807, 2.05) is 0 Å². The first-order valence-corrected chi connectivity index (χ1v) is 9.22. The van der Waals surface area contributed by atoms with Crippen molar-refractivity contribution in [2.45, 2.75) is 65.2 Å². The Morgan fingerprint density at radius 1 is 1.14 bits per heavy atom. The summed E-state index contributed by atoms with van der Waals surface area (Å²) in [5.74, 6) is 2.39. The molecule has 2 nitrogen and oxygen atoms in total. The molecular weight excluding hydrogens is 300 g/mol. The maximum Gasteiger partial charge on any atom is 0.141 e. The lowest BCUT2D eigenvalue weighted by Gasteiger charge is -2.27. The predicted molar refractivity (Wildman–Crippen MR) is 91.5 cm³/mol. The molecule has 1 fully saturated rings. The van der Waals surface area contributed by atoms with Gasteiger partial charge in [-0.2, -0.15) is 0 Å². The lowest BCUT2D eigenvalue weighted by atomic mass is 9.80. The molecule has 0 bridgehead atoms. The number of hydrogen-bond donors (Lipinski definition) is 0. The summed E-state index contributed by atoms with van der Waals surface area (Å²) in [7, 11) is 0. The molecular formula is C17H23ClN2S. The van der Waals surface area contributed by atoms with Gasteiger partial charge in [-0.05, 0) is 51.0 Å². The maximum absolute atomic E-state index is 6.43. The first kappa shape index (κ1) is 15.2. The van der Waals surface area contributed by atoms with E-state index in [1.54, 1.807) is 11.3 Å². The van der Waals surface area contributed by atoms with Crippen LogP contribution in [0.5, 0.6) is 0 Å². The molecule has 0 amide bonds. The number of aromatic nitrogens is 2. The second-order valence-corrected chi connectivity index (χ2v) is 7.90. The zero-order chi connectivity index (χ0) is 15.0. The first-order chi connectivity index (χ1) is 10.1. The number of rotatable bonds is 3. The third kappa shape index (κ3) is 2.95. The van der Waals surface area contributed by atoms with Crippen LogP contribution in [-0.2, 0) is 0 Å². The molecule has 3 rings (SSSR count). The highest BCUT2D eigenvalue weighted by molar-refractivity contribution is 7.18. The van der Waals surface area contributed by atoms with Crippen LogP contribution in [0.25, 0.3) is 10.2 Å². The topological polar surface area (TPSA) is 25.8 Å². The van der Waals surface area contributed by atoms with Gasteiger partial charge in [0.1, 0.15) is 15.8 Å². The minimum atomic E-state index is 0.503. The summed E-state index contributed by atoms with van der Waals surface area (Å²) in [6.07, 6.45) is 7.75. The maximum atomic E-state index is 6.43. The predicted octanol–water partition coefficient (Wildman–Crippen LogP) is 6.04.